The molecule has 0 aromatic heterocycles. The van der Waals surface area contributed by atoms with Crippen LogP contribution in [0.1, 0.15) is 39.5 Å². The molecule has 1 atom stereocenters. The van der Waals surface area contributed by atoms with Crippen LogP contribution in [-0.4, -0.2) is 0 Å². The SMILES string of the molecule is C#CC[C@H](CC)CCC. The zero-order chi connectivity index (χ0) is 7.11. The molecule has 0 heteroatoms. The van der Waals surface area contributed by atoms with E-state index in [2.05, 4.69) is 19.8 Å². The van der Waals surface area contributed by atoms with Gasteiger partial charge in [-0.25, -0.2) is 0 Å². The van der Waals surface area contributed by atoms with Gasteiger partial charge in [0.05, 0.1) is 0 Å². The highest BCUT2D eigenvalue weighted by molar-refractivity contribution is 4.86. The summed E-state index contributed by atoms with van der Waals surface area (Å²) in [5.41, 5.74) is 0. The summed E-state index contributed by atoms with van der Waals surface area (Å²) >= 11 is 0. The van der Waals surface area contributed by atoms with E-state index in [1.807, 2.05) is 0 Å². The lowest BCUT2D eigenvalue weighted by atomic mass is 9.98. The Morgan fingerprint density at radius 3 is 2.44 bits per heavy atom. The van der Waals surface area contributed by atoms with Crippen LogP contribution in [0.15, 0.2) is 0 Å². The topological polar surface area (TPSA) is 0 Å². The number of rotatable bonds is 4. The van der Waals surface area contributed by atoms with E-state index >= 15 is 0 Å². The molecule has 0 spiro atoms. The van der Waals surface area contributed by atoms with Crippen LogP contribution < -0.4 is 0 Å². The molecule has 0 amide bonds. The van der Waals surface area contributed by atoms with E-state index in [4.69, 9.17) is 6.42 Å². The molecule has 0 aliphatic rings. The molecule has 0 fully saturated rings. The minimum Gasteiger partial charge on any atom is -0.120 e. The lowest BCUT2D eigenvalue weighted by Gasteiger charge is -2.07. The molecule has 0 radical (unpaired) electrons. The first-order valence-electron chi connectivity index (χ1n) is 3.78. The molecule has 0 aliphatic carbocycles. The molecule has 0 aromatic rings. The number of hydrogen-bond donors (Lipinski definition) is 0. The maximum Gasteiger partial charge on any atom is 0.0114 e. The predicted octanol–water partition coefficient (Wildman–Crippen LogP) is 2.84. The van der Waals surface area contributed by atoms with Gasteiger partial charge >= 0.3 is 0 Å². The predicted molar refractivity (Wildman–Crippen MR) is 42.1 cm³/mol. The van der Waals surface area contributed by atoms with E-state index < -0.39 is 0 Å². The molecule has 0 N–H and O–H groups in total. The van der Waals surface area contributed by atoms with Gasteiger partial charge in [0.15, 0.2) is 0 Å². The van der Waals surface area contributed by atoms with Crippen LogP contribution in [0.2, 0.25) is 0 Å². The second-order valence-electron chi connectivity index (χ2n) is 2.47. The molecule has 0 saturated carbocycles. The first-order chi connectivity index (χ1) is 4.35. The molecule has 0 unspecified atom stereocenters. The summed E-state index contributed by atoms with van der Waals surface area (Å²) in [5, 5.41) is 0. The summed E-state index contributed by atoms with van der Waals surface area (Å²) in [5.74, 6) is 3.48. The van der Waals surface area contributed by atoms with E-state index in [0.717, 1.165) is 12.3 Å². The zero-order valence-electron chi connectivity index (χ0n) is 6.48. The van der Waals surface area contributed by atoms with Crippen LogP contribution in [0.25, 0.3) is 0 Å². The summed E-state index contributed by atoms with van der Waals surface area (Å²) in [4.78, 5) is 0. The maximum absolute atomic E-state index is 5.19. The van der Waals surface area contributed by atoms with Gasteiger partial charge in [0.1, 0.15) is 0 Å². The Morgan fingerprint density at radius 2 is 2.11 bits per heavy atom. The second-order valence-corrected chi connectivity index (χ2v) is 2.47. The number of terminal acetylenes is 1. The molecule has 0 aliphatic heterocycles. The van der Waals surface area contributed by atoms with Gasteiger partial charge in [-0.15, -0.1) is 12.3 Å². The van der Waals surface area contributed by atoms with Crippen LogP contribution in [0.3, 0.4) is 0 Å². The van der Waals surface area contributed by atoms with Gasteiger partial charge in [0.25, 0.3) is 0 Å². The normalized spacial score (nSPS) is 12.6. The summed E-state index contributed by atoms with van der Waals surface area (Å²) in [7, 11) is 0. The zero-order valence-corrected chi connectivity index (χ0v) is 6.48. The summed E-state index contributed by atoms with van der Waals surface area (Å²) < 4.78 is 0. The Morgan fingerprint density at radius 1 is 1.44 bits per heavy atom. The van der Waals surface area contributed by atoms with Gasteiger partial charge in [-0.3, -0.25) is 0 Å². The molecule has 52 valence electrons. The van der Waals surface area contributed by atoms with Gasteiger partial charge in [-0.05, 0) is 12.3 Å². The van der Waals surface area contributed by atoms with Crippen molar-refractivity contribution in [1.82, 2.24) is 0 Å². The molecular weight excluding hydrogens is 108 g/mol. The summed E-state index contributed by atoms with van der Waals surface area (Å²) in [6.45, 7) is 4.41. The highest BCUT2D eigenvalue weighted by atomic mass is 14.1. The first kappa shape index (κ1) is 8.56. The van der Waals surface area contributed by atoms with Crippen LogP contribution >= 0.6 is 0 Å². The molecule has 0 saturated heterocycles. The minimum atomic E-state index is 0.778. The Balaban J connectivity index is 3.32. The molecular formula is C9H16. The van der Waals surface area contributed by atoms with Crippen molar-refractivity contribution in [3.8, 4) is 12.3 Å². The standard InChI is InChI=1S/C9H16/c1-4-7-9(6-3)8-5-2/h1,9H,5-8H2,2-3H3/t9-/m0/s1. The van der Waals surface area contributed by atoms with Crippen molar-refractivity contribution in [2.24, 2.45) is 5.92 Å². The fourth-order valence-electron chi connectivity index (χ4n) is 1.03. The molecule has 0 rings (SSSR count). The van der Waals surface area contributed by atoms with Crippen molar-refractivity contribution in [1.29, 1.82) is 0 Å². The fraction of sp³-hybridized carbons (Fsp3) is 0.778. The lowest BCUT2D eigenvalue weighted by Crippen LogP contribution is -1.95. The second kappa shape index (κ2) is 5.69. The fourth-order valence-corrected chi connectivity index (χ4v) is 1.03. The van der Waals surface area contributed by atoms with Crippen LogP contribution in [0.5, 0.6) is 0 Å². The minimum absolute atomic E-state index is 0.778. The van der Waals surface area contributed by atoms with E-state index in [9.17, 15) is 0 Å². The molecule has 0 aromatic carbocycles. The third-order valence-corrected chi connectivity index (χ3v) is 1.68. The summed E-state index contributed by atoms with van der Waals surface area (Å²) in [6.07, 6.45) is 9.94. The third kappa shape index (κ3) is 4.09. The Labute approximate surface area is 58.7 Å². The molecule has 0 heterocycles. The van der Waals surface area contributed by atoms with E-state index in [1.165, 1.54) is 19.3 Å². The van der Waals surface area contributed by atoms with Crippen molar-refractivity contribution in [2.45, 2.75) is 39.5 Å². The van der Waals surface area contributed by atoms with E-state index in [-0.39, 0.29) is 0 Å². The monoisotopic (exact) mass is 124 g/mol. The van der Waals surface area contributed by atoms with Crippen molar-refractivity contribution in [3.63, 3.8) is 0 Å². The molecule has 0 nitrogen and oxygen atoms in total. The van der Waals surface area contributed by atoms with Crippen molar-refractivity contribution in [3.05, 3.63) is 0 Å². The van der Waals surface area contributed by atoms with Crippen LogP contribution in [-0.2, 0) is 0 Å². The van der Waals surface area contributed by atoms with E-state index in [0.29, 0.717) is 0 Å². The van der Waals surface area contributed by atoms with Gasteiger partial charge in [-0.1, -0.05) is 26.7 Å². The maximum atomic E-state index is 5.19. The summed E-state index contributed by atoms with van der Waals surface area (Å²) in [6, 6.07) is 0. The number of hydrogen-bond acceptors (Lipinski definition) is 0. The lowest BCUT2D eigenvalue weighted by molar-refractivity contribution is 0.476. The van der Waals surface area contributed by atoms with E-state index in [1.54, 1.807) is 0 Å². The average molecular weight is 124 g/mol. The Bertz CT molecular complexity index is 86.7. The van der Waals surface area contributed by atoms with Crippen LogP contribution in [0.4, 0.5) is 0 Å². The van der Waals surface area contributed by atoms with Crippen LogP contribution in [0, 0.1) is 18.3 Å². The van der Waals surface area contributed by atoms with Crippen molar-refractivity contribution >= 4 is 0 Å². The van der Waals surface area contributed by atoms with Gasteiger partial charge in [0, 0.05) is 6.42 Å². The first-order valence-corrected chi connectivity index (χ1v) is 3.78. The van der Waals surface area contributed by atoms with Gasteiger partial charge in [0.2, 0.25) is 0 Å². The highest BCUT2D eigenvalue weighted by Gasteiger charge is 2.00. The average Bonchev–Trinajstić information content (AvgIpc) is 1.88. The largest absolute Gasteiger partial charge is 0.120 e. The van der Waals surface area contributed by atoms with Gasteiger partial charge < -0.3 is 0 Å². The van der Waals surface area contributed by atoms with Crippen molar-refractivity contribution in [2.75, 3.05) is 0 Å². The smallest absolute Gasteiger partial charge is 0.0114 e. The third-order valence-electron chi connectivity index (χ3n) is 1.68. The quantitative estimate of drug-likeness (QED) is 0.505. The van der Waals surface area contributed by atoms with Crippen molar-refractivity contribution < 1.29 is 0 Å². The Kier molecular flexibility index (Phi) is 5.41. The highest BCUT2D eigenvalue weighted by Crippen LogP contribution is 2.13. The Hall–Kier alpha value is -0.440. The molecule has 0 bridgehead atoms. The van der Waals surface area contributed by atoms with Gasteiger partial charge in [-0.2, -0.15) is 0 Å². The molecule has 9 heavy (non-hydrogen) atoms.